The number of methoxy groups -OCH3 is 1. The lowest BCUT2D eigenvalue weighted by molar-refractivity contribution is -0.117. The standard InChI is InChI=1S/C15H21NO2/c1-10-9-15(3,4)16(11(2)17)14-12(10)7-6-8-13(14)18-5/h6-8,10H,9H2,1-5H3. The van der Waals surface area contributed by atoms with Gasteiger partial charge in [0.2, 0.25) is 5.91 Å². The van der Waals surface area contributed by atoms with Gasteiger partial charge in [-0.3, -0.25) is 4.79 Å². The third-order valence-corrected chi connectivity index (χ3v) is 3.73. The minimum atomic E-state index is -0.174. The van der Waals surface area contributed by atoms with Crippen molar-refractivity contribution in [2.75, 3.05) is 12.0 Å². The zero-order chi connectivity index (χ0) is 13.5. The van der Waals surface area contributed by atoms with Gasteiger partial charge >= 0.3 is 0 Å². The van der Waals surface area contributed by atoms with Crippen molar-refractivity contribution in [1.82, 2.24) is 0 Å². The van der Waals surface area contributed by atoms with Crippen molar-refractivity contribution in [1.29, 1.82) is 0 Å². The highest BCUT2D eigenvalue weighted by atomic mass is 16.5. The molecule has 0 fully saturated rings. The first-order chi connectivity index (χ1) is 8.38. The fourth-order valence-electron chi connectivity index (χ4n) is 3.18. The largest absolute Gasteiger partial charge is 0.495 e. The molecule has 0 bridgehead atoms. The Morgan fingerprint density at radius 2 is 2.11 bits per heavy atom. The fourth-order valence-corrected chi connectivity index (χ4v) is 3.18. The van der Waals surface area contributed by atoms with Crippen LogP contribution in [0.2, 0.25) is 0 Å². The number of carbonyl (C=O) groups excluding carboxylic acids is 1. The Balaban J connectivity index is 2.69. The van der Waals surface area contributed by atoms with Gasteiger partial charge in [0.25, 0.3) is 0 Å². The van der Waals surface area contributed by atoms with Crippen LogP contribution < -0.4 is 9.64 Å². The summed E-state index contributed by atoms with van der Waals surface area (Å²) in [6, 6.07) is 6.00. The van der Waals surface area contributed by atoms with Crippen molar-refractivity contribution < 1.29 is 9.53 Å². The number of hydrogen-bond acceptors (Lipinski definition) is 2. The van der Waals surface area contributed by atoms with Crippen LogP contribution in [0, 0.1) is 0 Å². The second-order valence-corrected chi connectivity index (χ2v) is 5.67. The highest BCUT2D eigenvalue weighted by Crippen LogP contribution is 2.47. The van der Waals surface area contributed by atoms with Crippen LogP contribution in [0.1, 0.15) is 45.6 Å². The molecule has 1 heterocycles. The number of amides is 1. The highest BCUT2D eigenvalue weighted by molar-refractivity contribution is 5.96. The number of nitrogens with zero attached hydrogens (tertiary/aromatic N) is 1. The Kier molecular flexibility index (Phi) is 3.09. The smallest absolute Gasteiger partial charge is 0.224 e. The van der Waals surface area contributed by atoms with Crippen molar-refractivity contribution in [3.05, 3.63) is 23.8 Å². The van der Waals surface area contributed by atoms with E-state index in [1.165, 1.54) is 5.56 Å². The number of ether oxygens (including phenoxy) is 1. The van der Waals surface area contributed by atoms with Gasteiger partial charge in [-0.15, -0.1) is 0 Å². The van der Waals surface area contributed by atoms with Crippen molar-refractivity contribution in [2.24, 2.45) is 0 Å². The number of rotatable bonds is 1. The lowest BCUT2D eigenvalue weighted by Crippen LogP contribution is -2.50. The second kappa shape index (κ2) is 4.30. The minimum absolute atomic E-state index is 0.0673. The molecule has 2 rings (SSSR count). The molecule has 1 unspecified atom stereocenters. The Morgan fingerprint density at radius 3 is 2.67 bits per heavy atom. The number of fused-ring (bicyclic) bond motifs is 1. The summed E-state index contributed by atoms with van der Waals surface area (Å²) in [7, 11) is 1.65. The lowest BCUT2D eigenvalue weighted by Gasteiger charge is -2.46. The molecule has 0 radical (unpaired) electrons. The van der Waals surface area contributed by atoms with Crippen LogP contribution in [0.15, 0.2) is 18.2 Å². The molecule has 1 aliphatic heterocycles. The molecule has 0 spiro atoms. The molecule has 1 aliphatic rings. The van der Waals surface area contributed by atoms with Crippen LogP contribution in [-0.2, 0) is 4.79 Å². The van der Waals surface area contributed by atoms with E-state index < -0.39 is 0 Å². The van der Waals surface area contributed by atoms with Gasteiger partial charge in [0.15, 0.2) is 0 Å². The monoisotopic (exact) mass is 247 g/mol. The predicted molar refractivity (Wildman–Crippen MR) is 73.3 cm³/mol. The Hall–Kier alpha value is -1.51. The zero-order valence-corrected chi connectivity index (χ0v) is 11.8. The maximum Gasteiger partial charge on any atom is 0.224 e. The van der Waals surface area contributed by atoms with Gasteiger partial charge < -0.3 is 9.64 Å². The summed E-state index contributed by atoms with van der Waals surface area (Å²) >= 11 is 0. The van der Waals surface area contributed by atoms with Crippen molar-refractivity contribution in [2.45, 2.75) is 45.6 Å². The van der Waals surface area contributed by atoms with Gasteiger partial charge in [-0.25, -0.2) is 0 Å². The zero-order valence-electron chi connectivity index (χ0n) is 11.8. The molecule has 1 aromatic carbocycles. The topological polar surface area (TPSA) is 29.5 Å². The number of carbonyl (C=O) groups is 1. The molecule has 1 amide bonds. The van der Waals surface area contributed by atoms with Gasteiger partial charge in [-0.05, 0) is 37.8 Å². The summed E-state index contributed by atoms with van der Waals surface area (Å²) in [6.07, 6.45) is 0.965. The second-order valence-electron chi connectivity index (χ2n) is 5.67. The Morgan fingerprint density at radius 1 is 1.44 bits per heavy atom. The quantitative estimate of drug-likeness (QED) is 0.761. The van der Waals surface area contributed by atoms with E-state index in [1.54, 1.807) is 14.0 Å². The summed E-state index contributed by atoms with van der Waals surface area (Å²) < 4.78 is 5.44. The molecule has 0 aliphatic carbocycles. The lowest BCUT2D eigenvalue weighted by atomic mass is 9.80. The van der Waals surface area contributed by atoms with Crippen molar-refractivity contribution in [3.63, 3.8) is 0 Å². The minimum Gasteiger partial charge on any atom is -0.495 e. The summed E-state index contributed by atoms with van der Waals surface area (Å²) in [5.74, 6) is 1.28. The summed E-state index contributed by atoms with van der Waals surface area (Å²) in [5.41, 5.74) is 1.97. The molecule has 0 saturated heterocycles. The summed E-state index contributed by atoms with van der Waals surface area (Å²) in [6.45, 7) is 8.05. The van der Waals surface area contributed by atoms with Gasteiger partial charge in [0, 0.05) is 12.5 Å². The van der Waals surface area contributed by atoms with Crippen LogP contribution in [0.25, 0.3) is 0 Å². The highest BCUT2D eigenvalue weighted by Gasteiger charge is 2.40. The molecule has 18 heavy (non-hydrogen) atoms. The first kappa shape index (κ1) is 12.9. The number of para-hydroxylation sites is 1. The average molecular weight is 247 g/mol. The van der Waals surface area contributed by atoms with Crippen molar-refractivity contribution in [3.8, 4) is 5.75 Å². The van der Waals surface area contributed by atoms with E-state index in [2.05, 4.69) is 26.8 Å². The van der Waals surface area contributed by atoms with Crippen LogP contribution in [-0.4, -0.2) is 18.6 Å². The molecule has 0 N–H and O–H groups in total. The molecule has 1 atom stereocenters. The SMILES string of the molecule is COc1cccc2c1N(C(C)=O)C(C)(C)CC2C. The Bertz CT molecular complexity index is 479. The number of hydrogen-bond donors (Lipinski definition) is 0. The summed E-state index contributed by atoms with van der Waals surface area (Å²) in [5, 5.41) is 0. The molecule has 1 aromatic rings. The van der Waals surface area contributed by atoms with Gasteiger partial charge in [-0.1, -0.05) is 19.1 Å². The van der Waals surface area contributed by atoms with E-state index in [0.29, 0.717) is 5.92 Å². The number of benzene rings is 1. The van der Waals surface area contributed by atoms with Crippen LogP contribution >= 0.6 is 0 Å². The molecule has 0 aromatic heterocycles. The Labute approximate surface area is 109 Å². The van der Waals surface area contributed by atoms with Crippen LogP contribution in [0.4, 0.5) is 5.69 Å². The molecule has 0 saturated carbocycles. The molecule has 98 valence electrons. The molecular weight excluding hydrogens is 226 g/mol. The van der Waals surface area contributed by atoms with E-state index >= 15 is 0 Å². The van der Waals surface area contributed by atoms with E-state index in [1.807, 2.05) is 17.0 Å². The van der Waals surface area contributed by atoms with E-state index in [0.717, 1.165) is 17.9 Å². The molecule has 3 nitrogen and oxygen atoms in total. The third kappa shape index (κ3) is 1.88. The van der Waals surface area contributed by atoms with E-state index in [4.69, 9.17) is 4.74 Å². The fraction of sp³-hybridized carbons (Fsp3) is 0.533. The van der Waals surface area contributed by atoms with Gasteiger partial charge in [0.05, 0.1) is 12.8 Å². The predicted octanol–water partition coefficient (Wildman–Crippen LogP) is 3.33. The van der Waals surface area contributed by atoms with Gasteiger partial charge in [-0.2, -0.15) is 0 Å². The molecular formula is C15H21NO2. The first-order valence-electron chi connectivity index (χ1n) is 6.36. The molecule has 3 heteroatoms. The third-order valence-electron chi connectivity index (χ3n) is 3.73. The van der Waals surface area contributed by atoms with Crippen LogP contribution in [0.5, 0.6) is 5.75 Å². The van der Waals surface area contributed by atoms with Crippen LogP contribution in [0.3, 0.4) is 0 Å². The van der Waals surface area contributed by atoms with Crippen molar-refractivity contribution >= 4 is 11.6 Å². The first-order valence-corrected chi connectivity index (χ1v) is 6.36. The summed E-state index contributed by atoms with van der Waals surface area (Å²) in [4.78, 5) is 13.9. The van der Waals surface area contributed by atoms with Gasteiger partial charge in [0.1, 0.15) is 5.75 Å². The van der Waals surface area contributed by atoms with E-state index in [-0.39, 0.29) is 11.4 Å². The van der Waals surface area contributed by atoms with E-state index in [9.17, 15) is 4.79 Å². The normalized spacial score (nSPS) is 21.4. The number of anilines is 1. The maximum absolute atomic E-state index is 12.0. The maximum atomic E-state index is 12.0. The average Bonchev–Trinajstić information content (AvgIpc) is 2.26.